The molecule has 0 aliphatic carbocycles. The third-order valence-corrected chi connectivity index (χ3v) is 7.50. The van der Waals surface area contributed by atoms with E-state index in [1.54, 1.807) is 19.1 Å². The Kier molecular flexibility index (Phi) is 9.70. The second kappa shape index (κ2) is 11.8. The standard InChI is InChI=1S/C25H34BrN3O4S/c1-7-19(4)27-25(31)20(5)28(15-21-9-8-10-22(26)14-21)24(30)16-29(34(6,32)33)23-12-11-17(2)18(3)13-23/h8-14,19-20H,7,15-16H2,1-6H3,(H,27,31)/t19-,20+/m1/s1. The van der Waals surface area contributed by atoms with Crippen molar-refractivity contribution in [3.63, 3.8) is 0 Å². The summed E-state index contributed by atoms with van der Waals surface area (Å²) in [4.78, 5) is 27.9. The van der Waals surface area contributed by atoms with Crippen LogP contribution in [0, 0.1) is 13.8 Å². The van der Waals surface area contributed by atoms with E-state index in [0.717, 1.165) is 38.1 Å². The SMILES string of the molecule is CC[C@@H](C)NC(=O)[C@H](C)N(Cc1cccc(Br)c1)C(=O)CN(c1ccc(C)c(C)c1)S(C)(=O)=O. The van der Waals surface area contributed by atoms with Crippen molar-refractivity contribution in [1.82, 2.24) is 10.2 Å². The van der Waals surface area contributed by atoms with Crippen LogP contribution in [0.4, 0.5) is 5.69 Å². The molecule has 2 amide bonds. The molecule has 34 heavy (non-hydrogen) atoms. The van der Waals surface area contributed by atoms with Crippen LogP contribution in [-0.4, -0.2) is 50.0 Å². The van der Waals surface area contributed by atoms with Gasteiger partial charge < -0.3 is 10.2 Å². The summed E-state index contributed by atoms with van der Waals surface area (Å²) in [5.41, 5.74) is 3.18. The van der Waals surface area contributed by atoms with E-state index in [1.165, 1.54) is 4.90 Å². The van der Waals surface area contributed by atoms with Crippen molar-refractivity contribution < 1.29 is 18.0 Å². The molecule has 0 heterocycles. The smallest absolute Gasteiger partial charge is 0.244 e. The number of benzene rings is 2. The second-order valence-corrected chi connectivity index (χ2v) is 11.5. The van der Waals surface area contributed by atoms with Crippen LogP contribution >= 0.6 is 15.9 Å². The molecular weight excluding hydrogens is 518 g/mol. The van der Waals surface area contributed by atoms with Crippen LogP contribution in [-0.2, 0) is 26.2 Å². The van der Waals surface area contributed by atoms with Gasteiger partial charge in [-0.1, -0.05) is 41.1 Å². The Labute approximate surface area is 211 Å². The maximum Gasteiger partial charge on any atom is 0.244 e. The number of carbonyl (C=O) groups excluding carboxylic acids is 2. The lowest BCUT2D eigenvalue weighted by atomic mass is 10.1. The molecule has 2 rings (SSSR count). The molecule has 0 aliphatic heterocycles. The Morgan fingerprint density at radius 3 is 2.29 bits per heavy atom. The van der Waals surface area contributed by atoms with Gasteiger partial charge in [0, 0.05) is 17.1 Å². The summed E-state index contributed by atoms with van der Waals surface area (Å²) in [5.74, 6) is -0.745. The second-order valence-electron chi connectivity index (χ2n) is 8.68. The van der Waals surface area contributed by atoms with Gasteiger partial charge in [-0.25, -0.2) is 8.42 Å². The molecular formula is C25H34BrN3O4S. The van der Waals surface area contributed by atoms with Gasteiger partial charge in [-0.2, -0.15) is 0 Å². The van der Waals surface area contributed by atoms with Crippen LogP contribution < -0.4 is 9.62 Å². The molecule has 9 heteroatoms. The number of hydrogen-bond donors (Lipinski definition) is 1. The zero-order valence-electron chi connectivity index (χ0n) is 20.6. The summed E-state index contributed by atoms with van der Waals surface area (Å²) >= 11 is 3.44. The number of rotatable bonds is 10. The van der Waals surface area contributed by atoms with Gasteiger partial charge in [0.2, 0.25) is 21.8 Å². The quantitative estimate of drug-likeness (QED) is 0.480. The van der Waals surface area contributed by atoms with Crippen LogP contribution in [0.5, 0.6) is 0 Å². The topological polar surface area (TPSA) is 86.8 Å². The highest BCUT2D eigenvalue weighted by Crippen LogP contribution is 2.22. The van der Waals surface area contributed by atoms with Gasteiger partial charge in [0.15, 0.2) is 0 Å². The van der Waals surface area contributed by atoms with Gasteiger partial charge in [0.25, 0.3) is 0 Å². The lowest BCUT2D eigenvalue weighted by molar-refractivity contribution is -0.139. The van der Waals surface area contributed by atoms with Gasteiger partial charge in [0.1, 0.15) is 12.6 Å². The minimum Gasteiger partial charge on any atom is -0.352 e. The Bertz CT molecular complexity index is 1140. The fourth-order valence-electron chi connectivity index (χ4n) is 3.37. The Morgan fingerprint density at radius 2 is 1.74 bits per heavy atom. The first-order chi connectivity index (χ1) is 15.8. The first-order valence-corrected chi connectivity index (χ1v) is 13.9. The van der Waals surface area contributed by atoms with Crippen LogP contribution in [0.15, 0.2) is 46.9 Å². The van der Waals surface area contributed by atoms with Crippen molar-refractivity contribution in [2.24, 2.45) is 0 Å². The Balaban J connectivity index is 2.41. The minimum absolute atomic E-state index is 0.0409. The molecule has 7 nitrogen and oxygen atoms in total. The Morgan fingerprint density at radius 1 is 1.06 bits per heavy atom. The third kappa shape index (κ3) is 7.56. The number of nitrogens with one attached hydrogen (secondary N) is 1. The molecule has 2 atom stereocenters. The van der Waals surface area contributed by atoms with E-state index in [0.29, 0.717) is 5.69 Å². The van der Waals surface area contributed by atoms with Gasteiger partial charge in [-0.05, 0) is 75.1 Å². The van der Waals surface area contributed by atoms with Gasteiger partial charge in [0.05, 0.1) is 11.9 Å². The predicted molar refractivity (Wildman–Crippen MR) is 140 cm³/mol. The van der Waals surface area contributed by atoms with Crippen molar-refractivity contribution in [2.45, 2.75) is 59.7 Å². The molecule has 0 bridgehead atoms. The van der Waals surface area contributed by atoms with Crippen LogP contribution in [0.25, 0.3) is 0 Å². The first kappa shape index (κ1) is 27.9. The summed E-state index contributed by atoms with van der Waals surface area (Å²) < 4.78 is 27.2. The number of aryl methyl sites for hydroxylation is 2. The van der Waals surface area contributed by atoms with Crippen molar-refractivity contribution in [2.75, 3.05) is 17.1 Å². The van der Waals surface area contributed by atoms with Crippen molar-refractivity contribution in [3.8, 4) is 0 Å². The average molecular weight is 553 g/mol. The summed E-state index contributed by atoms with van der Waals surface area (Å²) in [6.07, 6.45) is 1.83. The van der Waals surface area contributed by atoms with E-state index in [-0.39, 0.29) is 18.5 Å². The van der Waals surface area contributed by atoms with Crippen LogP contribution in [0.2, 0.25) is 0 Å². The number of sulfonamides is 1. The lowest BCUT2D eigenvalue weighted by Gasteiger charge is -2.32. The summed E-state index contributed by atoms with van der Waals surface area (Å²) in [5, 5.41) is 2.92. The normalized spacial score (nSPS) is 13.1. The molecule has 0 fully saturated rings. The fourth-order valence-corrected chi connectivity index (χ4v) is 4.66. The monoisotopic (exact) mass is 551 g/mol. The van der Waals surface area contributed by atoms with Crippen molar-refractivity contribution in [3.05, 3.63) is 63.6 Å². The van der Waals surface area contributed by atoms with Crippen LogP contribution in [0.3, 0.4) is 0 Å². The summed E-state index contributed by atoms with van der Waals surface area (Å²) in [6, 6.07) is 11.9. The zero-order chi connectivity index (χ0) is 25.6. The number of nitrogens with zero attached hydrogens (tertiary/aromatic N) is 2. The summed E-state index contributed by atoms with van der Waals surface area (Å²) in [7, 11) is -3.75. The lowest BCUT2D eigenvalue weighted by Crippen LogP contribution is -2.52. The van der Waals surface area contributed by atoms with Crippen molar-refractivity contribution >= 4 is 43.5 Å². The fraction of sp³-hybridized carbons (Fsp3) is 0.440. The molecule has 0 aromatic heterocycles. The Hall–Kier alpha value is -2.39. The van der Waals surface area contributed by atoms with Crippen molar-refractivity contribution in [1.29, 1.82) is 0 Å². The highest BCUT2D eigenvalue weighted by molar-refractivity contribution is 9.10. The number of carbonyl (C=O) groups is 2. The van der Waals surface area contributed by atoms with Gasteiger partial charge in [-0.15, -0.1) is 0 Å². The molecule has 0 aliphatic rings. The third-order valence-electron chi connectivity index (χ3n) is 5.87. The number of anilines is 1. The maximum absolute atomic E-state index is 13.5. The molecule has 1 N–H and O–H groups in total. The molecule has 2 aromatic carbocycles. The highest BCUT2D eigenvalue weighted by atomic mass is 79.9. The van der Waals surface area contributed by atoms with E-state index in [4.69, 9.17) is 0 Å². The first-order valence-electron chi connectivity index (χ1n) is 11.2. The number of amides is 2. The number of hydrogen-bond acceptors (Lipinski definition) is 4. The highest BCUT2D eigenvalue weighted by Gasteiger charge is 2.30. The van der Waals surface area contributed by atoms with E-state index in [2.05, 4.69) is 21.2 Å². The molecule has 0 unspecified atom stereocenters. The van der Waals surface area contributed by atoms with Crippen LogP contribution in [0.1, 0.15) is 43.9 Å². The largest absolute Gasteiger partial charge is 0.352 e. The molecule has 0 spiro atoms. The van der Waals surface area contributed by atoms with Gasteiger partial charge >= 0.3 is 0 Å². The maximum atomic E-state index is 13.5. The van der Waals surface area contributed by atoms with E-state index < -0.39 is 28.5 Å². The molecule has 0 saturated heterocycles. The van der Waals surface area contributed by atoms with E-state index in [1.807, 2.05) is 58.0 Å². The van der Waals surface area contributed by atoms with E-state index >= 15 is 0 Å². The van der Waals surface area contributed by atoms with Gasteiger partial charge in [-0.3, -0.25) is 13.9 Å². The number of halogens is 1. The molecule has 0 radical (unpaired) electrons. The predicted octanol–water partition coefficient (Wildman–Crippen LogP) is 4.16. The zero-order valence-corrected chi connectivity index (χ0v) is 23.0. The van der Waals surface area contributed by atoms with E-state index in [9.17, 15) is 18.0 Å². The average Bonchev–Trinajstić information content (AvgIpc) is 2.76. The molecule has 186 valence electrons. The minimum atomic E-state index is -3.75. The summed E-state index contributed by atoms with van der Waals surface area (Å²) in [6.45, 7) is 9.11. The molecule has 0 saturated carbocycles. The molecule has 2 aromatic rings.